The minimum absolute atomic E-state index is 0.210. The number of ether oxygens (including phenoxy) is 2. The van der Waals surface area contributed by atoms with E-state index in [0.29, 0.717) is 6.54 Å². The summed E-state index contributed by atoms with van der Waals surface area (Å²) in [6, 6.07) is 5.99. The van der Waals surface area contributed by atoms with E-state index in [2.05, 4.69) is 5.16 Å². The number of hydrogen-bond acceptors (Lipinski definition) is 5. The van der Waals surface area contributed by atoms with Crippen LogP contribution < -0.4 is 15.2 Å². The Morgan fingerprint density at radius 2 is 2.05 bits per heavy atom. The Hall–Kier alpha value is -2.01. The van der Waals surface area contributed by atoms with E-state index in [-0.39, 0.29) is 12.7 Å². The van der Waals surface area contributed by atoms with Gasteiger partial charge in [-0.2, -0.15) is 0 Å². The van der Waals surface area contributed by atoms with Gasteiger partial charge in [-0.3, -0.25) is 0 Å². The minimum atomic E-state index is 0.210. The molecule has 2 heterocycles. The first-order valence-electron chi connectivity index (χ1n) is 6.70. The molecule has 1 aromatic carbocycles. The fourth-order valence-electron chi connectivity index (χ4n) is 2.54. The molecule has 1 atom stereocenters. The van der Waals surface area contributed by atoms with Crippen LogP contribution in [-0.2, 0) is 6.42 Å². The molecule has 5 nitrogen and oxygen atoms in total. The highest BCUT2D eigenvalue weighted by molar-refractivity contribution is 5.46. The van der Waals surface area contributed by atoms with Crippen molar-refractivity contribution in [1.29, 1.82) is 0 Å². The molecule has 0 amide bonds. The highest BCUT2D eigenvalue weighted by Gasteiger charge is 2.20. The van der Waals surface area contributed by atoms with Gasteiger partial charge in [0.2, 0.25) is 6.79 Å². The Balaban J connectivity index is 1.87. The summed E-state index contributed by atoms with van der Waals surface area (Å²) in [6.07, 6.45) is 0.817. The Labute approximate surface area is 117 Å². The van der Waals surface area contributed by atoms with Gasteiger partial charge in [0.25, 0.3) is 0 Å². The molecule has 106 valence electrons. The van der Waals surface area contributed by atoms with Crippen molar-refractivity contribution in [3.63, 3.8) is 0 Å². The van der Waals surface area contributed by atoms with Crippen molar-refractivity contribution >= 4 is 0 Å². The molecule has 2 N–H and O–H groups in total. The van der Waals surface area contributed by atoms with E-state index in [0.717, 1.165) is 40.5 Å². The normalized spacial score (nSPS) is 14.6. The van der Waals surface area contributed by atoms with Crippen molar-refractivity contribution in [3.8, 4) is 11.5 Å². The van der Waals surface area contributed by atoms with Crippen molar-refractivity contribution in [2.75, 3.05) is 13.3 Å². The zero-order chi connectivity index (χ0) is 14.1. The predicted molar refractivity (Wildman–Crippen MR) is 74.0 cm³/mol. The molecule has 2 aromatic rings. The Morgan fingerprint density at radius 3 is 2.75 bits per heavy atom. The average molecular weight is 274 g/mol. The van der Waals surface area contributed by atoms with E-state index < -0.39 is 0 Å². The highest BCUT2D eigenvalue weighted by atomic mass is 16.7. The van der Waals surface area contributed by atoms with Gasteiger partial charge in [-0.25, -0.2) is 0 Å². The molecular weight excluding hydrogens is 256 g/mol. The van der Waals surface area contributed by atoms with Crippen LogP contribution in [0.2, 0.25) is 0 Å². The van der Waals surface area contributed by atoms with E-state index in [9.17, 15) is 0 Å². The lowest BCUT2D eigenvalue weighted by molar-refractivity contribution is 0.174. The second-order valence-corrected chi connectivity index (χ2v) is 5.05. The van der Waals surface area contributed by atoms with Crippen molar-refractivity contribution in [3.05, 3.63) is 40.8 Å². The van der Waals surface area contributed by atoms with Crippen LogP contribution in [0.3, 0.4) is 0 Å². The number of nitrogens with zero attached hydrogens (tertiary/aromatic N) is 1. The molecule has 0 spiro atoms. The Morgan fingerprint density at radius 1 is 1.25 bits per heavy atom. The van der Waals surface area contributed by atoms with Gasteiger partial charge in [0.05, 0.1) is 5.69 Å². The lowest BCUT2D eigenvalue weighted by Gasteiger charge is -2.15. The number of hydrogen-bond donors (Lipinski definition) is 1. The van der Waals surface area contributed by atoms with Gasteiger partial charge >= 0.3 is 0 Å². The van der Waals surface area contributed by atoms with Gasteiger partial charge in [0, 0.05) is 11.5 Å². The van der Waals surface area contributed by atoms with Gasteiger partial charge in [0.15, 0.2) is 11.5 Å². The third kappa shape index (κ3) is 2.25. The maximum Gasteiger partial charge on any atom is 0.231 e. The highest BCUT2D eigenvalue weighted by Crippen LogP contribution is 2.35. The third-order valence-corrected chi connectivity index (χ3v) is 3.78. The average Bonchev–Trinajstić information content (AvgIpc) is 3.04. The topological polar surface area (TPSA) is 70.5 Å². The number of rotatable bonds is 4. The maximum atomic E-state index is 5.94. The summed E-state index contributed by atoms with van der Waals surface area (Å²) in [6.45, 7) is 4.74. The Kier molecular flexibility index (Phi) is 3.36. The summed E-state index contributed by atoms with van der Waals surface area (Å²) in [5.41, 5.74) is 9.16. The molecule has 0 saturated carbocycles. The molecular formula is C15H18N2O3. The largest absolute Gasteiger partial charge is 0.454 e. The zero-order valence-electron chi connectivity index (χ0n) is 11.7. The summed E-state index contributed by atoms with van der Waals surface area (Å²) in [5, 5.41) is 3.99. The number of fused-ring (bicyclic) bond motifs is 1. The SMILES string of the molecule is Cc1noc(C)c1CC(CN)c1ccc2c(c1)OCO2. The van der Waals surface area contributed by atoms with Crippen molar-refractivity contribution in [2.45, 2.75) is 26.2 Å². The van der Waals surface area contributed by atoms with E-state index in [1.165, 1.54) is 0 Å². The van der Waals surface area contributed by atoms with Gasteiger partial charge in [-0.15, -0.1) is 0 Å². The van der Waals surface area contributed by atoms with Gasteiger partial charge in [-0.1, -0.05) is 11.2 Å². The van der Waals surface area contributed by atoms with E-state index in [1.54, 1.807) is 0 Å². The van der Waals surface area contributed by atoms with Crippen molar-refractivity contribution in [1.82, 2.24) is 5.16 Å². The maximum absolute atomic E-state index is 5.94. The number of aryl methyl sites for hydroxylation is 2. The predicted octanol–water partition coefficient (Wildman–Crippen LogP) is 2.31. The van der Waals surface area contributed by atoms with Crippen molar-refractivity contribution in [2.24, 2.45) is 5.73 Å². The minimum Gasteiger partial charge on any atom is -0.454 e. The second-order valence-electron chi connectivity index (χ2n) is 5.05. The molecule has 1 aromatic heterocycles. The molecule has 3 rings (SSSR count). The molecule has 5 heteroatoms. The molecule has 0 saturated heterocycles. The first kappa shape index (κ1) is 13.0. The molecule has 0 radical (unpaired) electrons. The standard InChI is InChI=1S/C15H18N2O3/c1-9-13(10(2)20-17-9)5-12(7-16)11-3-4-14-15(6-11)19-8-18-14/h3-4,6,12H,5,7-8,16H2,1-2H3. The van der Waals surface area contributed by atoms with Crippen LogP contribution in [0.4, 0.5) is 0 Å². The van der Waals surface area contributed by atoms with Crippen LogP contribution in [0.15, 0.2) is 22.7 Å². The van der Waals surface area contributed by atoms with Gasteiger partial charge < -0.3 is 19.7 Å². The monoisotopic (exact) mass is 274 g/mol. The summed E-state index contributed by atoms with van der Waals surface area (Å²) >= 11 is 0. The molecule has 1 unspecified atom stereocenters. The van der Waals surface area contributed by atoms with Crippen LogP contribution in [-0.4, -0.2) is 18.5 Å². The summed E-state index contributed by atoms with van der Waals surface area (Å²) in [7, 11) is 0. The summed E-state index contributed by atoms with van der Waals surface area (Å²) < 4.78 is 16.0. The van der Waals surface area contributed by atoms with E-state index in [4.69, 9.17) is 19.7 Å². The van der Waals surface area contributed by atoms with Gasteiger partial charge in [0.1, 0.15) is 5.76 Å². The van der Waals surface area contributed by atoms with Crippen molar-refractivity contribution < 1.29 is 14.0 Å². The lowest BCUT2D eigenvalue weighted by Crippen LogP contribution is -2.15. The zero-order valence-corrected chi connectivity index (χ0v) is 11.7. The number of nitrogens with two attached hydrogens (primary N) is 1. The van der Waals surface area contributed by atoms with Crippen LogP contribution >= 0.6 is 0 Å². The fraction of sp³-hybridized carbons (Fsp3) is 0.400. The van der Waals surface area contributed by atoms with E-state index >= 15 is 0 Å². The second kappa shape index (κ2) is 5.17. The van der Waals surface area contributed by atoms with E-state index in [1.807, 2.05) is 32.0 Å². The third-order valence-electron chi connectivity index (χ3n) is 3.78. The summed E-state index contributed by atoms with van der Waals surface area (Å²) in [4.78, 5) is 0. The molecule has 20 heavy (non-hydrogen) atoms. The smallest absolute Gasteiger partial charge is 0.231 e. The van der Waals surface area contributed by atoms with Crippen LogP contribution in [0, 0.1) is 13.8 Å². The molecule has 1 aliphatic heterocycles. The quantitative estimate of drug-likeness (QED) is 0.926. The number of benzene rings is 1. The molecule has 1 aliphatic rings. The molecule has 0 fully saturated rings. The number of aromatic nitrogens is 1. The lowest BCUT2D eigenvalue weighted by atomic mass is 9.91. The molecule has 0 bridgehead atoms. The molecule has 0 aliphatic carbocycles. The van der Waals surface area contributed by atoms with Crippen LogP contribution in [0.1, 0.15) is 28.5 Å². The van der Waals surface area contributed by atoms with Crippen LogP contribution in [0.25, 0.3) is 0 Å². The van der Waals surface area contributed by atoms with Crippen LogP contribution in [0.5, 0.6) is 11.5 Å². The van der Waals surface area contributed by atoms with Gasteiger partial charge in [-0.05, 0) is 44.5 Å². The Bertz CT molecular complexity index is 602. The first-order chi connectivity index (χ1) is 9.69. The fourth-order valence-corrected chi connectivity index (χ4v) is 2.54. The summed E-state index contributed by atoms with van der Waals surface area (Å²) in [5.74, 6) is 2.66. The first-order valence-corrected chi connectivity index (χ1v) is 6.70.